The van der Waals surface area contributed by atoms with E-state index in [1.807, 2.05) is 11.4 Å². The lowest BCUT2D eigenvalue weighted by Gasteiger charge is -2.03. The van der Waals surface area contributed by atoms with Crippen molar-refractivity contribution >= 4 is 56.8 Å². The van der Waals surface area contributed by atoms with Crippen LogP contribution in [-0.2, 0) is 14.3 Å². The fourth-order valence-corrected chi connectivity index (χ4v) is 3.34. The molecule has 1 aromatic heterocycles. The highest BCUT2D eigenvalue weighted by atomic mass is 79.9. The van der Waals surface area contributed by atoms with E-state index in [2.05, 4.69) is 26.2 Å². The van der Waals surface area contributed by atoms with E-state index in [0.29, 0.717) is 11.3 Å². The van der Waals surface area contributed by atoms with Gasteiger partial charge in [-0.2, -0.15) is 0 Å². The summed E-state index contributed by atoms with van der Waals surface area (Å²) < 4.78 is 6.17. The number of hydrogen-bond donors (Lipinski definition) is 1. The first kappa shape index (κ1) is 15.6. The molecule has 0 unspecified atom stereocenters. The van der Waals surface area contributed by atoms with Crippen molar-refractivity contribution in [3.63, 3.8) is 0 Å². The maximum Gasteiger partial charge on any atom is 0.363 e. The van der Waals surface area contributed by atoms with Gasteiger partial charge in [0.25, 0.3) is 0 Å². The number of amides is 1. The van der Waals surface area contributed by atoms with E-state index in [1.54, 1.807) is 30.3 Å². The van der Waals surface area contributed by atoms with Crippen molar-refractivity contribution in [3.05, 3.63) is 56.3 Å². The number of cyclic esters (lactones) is 1. The van der Waals surface area contributed by atoms with Crippen molar-refractivity contribution in [2.45, 2.75) is 6.92 Å². The van der Waals surface area contributed by atoms with Crippen LogP contribution in [0.25, 0.3) is 6.08 Å². The molecule has 0 aliphatic carbocycles. The van der Waals surface area contributed by atoms with Crippen LogP contribution in [0, 0.1) is 0 Å². The highest BCUT2D eigenvalue weighted by molar-refractivity contribution is 9.10. The Hall–Kier alpha value is -2.25. The van der Waals surface area contributed by atoms with Gasteiger partial charge in [-0.3, -0.25) is 4.79 Å². The number of esters is 1. The van der Waals surface area contributed by atoms with Crippen molar-refractivity contribution in [3.8, 4) is 0 Å². The second-order valence-corrected chi connectivity index (χ2v) is 6.62. The average molecular weight is 391 g/mol. The van der Waals surface area contributed by atoms with Crippen LogP contribution in [0.3, 0.4) is 0 Å². The molecule has 2 heterocycles. The van der Waals surface area contributed by atoms with Gasteiger partial charge in [-0.25, -0.2) is 9.79 Å². The molecule has 3 rings (SSSR count). The highest BCUT2D eigenvalue weighted by Crippen LogP contribution is 2.25. The maximum absolute atomic E-state index is 11.9. The van der Waals surface area contributed by atoms with Gasteiger partial charge in [0.05, 0.1) is 0 Å². The molecule has 0 saturated heterocycles. The van der Waals surface area contributed by atoms with Crippen LogP contribution in [0.15, 0.2) is 50.9 Å². The van der Waals surface area contributed by atoms with Crippen LogP contribution in [0.2, 0.25) is 0 Å². The number of nitrogens with zero attached hydrogens (tertiary/aromatic N) is 1. The maximum atomic E-state index is 11.9. The smallest absolute Gasteiger partial charge is 0.363 e. The molecule has 0 bridgehead atoms. The molecule has 0 fully saturated rings. The number of carbonyl (C=O) groups excluding carboxylic acids is 2. The number of thiophene rings is 1. The van der Waals surface area contributed by atoms with Crippen molar-refractivity contribution in [2.75, 3.05) is 5.32 Å². The van der Waals surface area contributed by atoms with Gasteiger partial charge in [0.1, 0.15) is 0 Å². The van der Waals surface area contributed by atoms with Crippen molar-refractivity contribution in [1.29, 1.82) is 0 Å². The molecule has 0 radical (unpaired) electrons. The van der Waals surface area contributed by atoms with Crippen LogP contribution < -0.4 is 5.32 Å². The van der Waals surface area contributed by atoms with Crippen molar-refractivity contribution in [2.24, 2.45) is 4.99 Å². The highest BCUT2D eigenvalue weighted by Gasteiger charge is 2.24. The summed E-state index contributed by atoms with van der Waals surface area (Å²) in [6.07, 6.45) is 1.69. The van der Waals surface area contributed by atoms with Crippen LogP contribution >= 0.6 is 27.3 Å². The normalized spacial score (nSPS) is 15.5. The molecule has 1 N–H and O–H groups in total. The minimum absolute atomic E-state index is 0.144. The first-order chi connectivity index (χ1) is 11.0. The summed E-state index contributed by atoms with van der Waals surface area (Å²) in [5, 5.41) is 4.60. The number of aliphatic imine (C=N–C) groups is 1. The van der Waals surface area contributed by atoms with E-state index in [1.165, 1.54) is 18.3 Å². The lowest BCUT2D eigenvalue weighted by molar-refractivity contribution is -0.129. The Bertz CT molecular complexity index is 837. The van der Waals surface area contributed by atoms with E-state index in [0.717, 1.165) is 9.35 Å². The molecule has 0 saturated carbocycles. The third-order valence-corrected chi connectivity index (χ3v) is 4.58. The summed E-state index contributed by atoms with van der Waals surface area (Å²) in [7, 11) is 0. The van der Waals surface area contributed by atoms with Gasteiger partial charge in [0.15, 0.2) is 5.70 Å². The van der Waals surface area contributed by atoms with E-state index in [4.69, 9.17) is 4.74 Å². The lowest BCUT2D eigenvalue weighted by atomic mass is 10.2. The summed E-state index contributed by atoms with van der Waals surface area (Å²) in [4.78, 5) is 28.1. The Labute approximate surface area is 144 Å². The Kier molecular flexibility index (Phi) is 4.40. The SMILES string of the molecule is CC(=O)Nc1ccc(C2=NC(=Cc3cc(Br)cs3)C(=O)O2)cc1. The molecule has 5 nitrogen and oxygen atoms in total. The fourth-order valence-electron chi connectivity index (χ4n) is 1.97. The third-order valence-electron chi connectivity index (χ3n) is 2.94. The zero-order valence-electron chi connectivity index (χ0n) is 12.0. The zero-order valence-corrected chi connectivity index (χ0v) is 14.4. The summed E-state index contributed by atoms with van der Waals surface area (Å²) in [6.45, 7) is 1.44. The van der Waals surface area contributed by atoms with E-state index < -0.39 is 5.97 Å². The first-order valence-corrected chi connectivity index (χ1v) is 8.33. The summed E-state index contributed by atoms with van der Waals surface area (Å²) >= 11 is 4.87. The number of hydrogen-bond acceptors (Lipinski definition) is 5. The third kappa shape index (κ3) is 3.75. The quantitative estimate of drug-likeness (QED) is 0.639. The molecular weight excluding hydrogens is 380 g/mol. The number of ether oxygens (including phenoxy) is 1. The molecule has 116 valence electrons. The molecule has 0 spiro atoms. The molecule has 1 amide bonds. The summed E-state index contributed by atoms with van der Waals surface area (Å²) in [5.41, 5.74) is 1.61. The van der Waals surface area contributed by atoms with Gasteiger partial charge < -0.3 is 10.1 Å². The topological polar surface area (TPSA) is 67.8 Å². The predicted molar refractivity (Wildman–Crippen MR) is 93.4 cm³/mol. The molecular formula is C16H11BrN2O3S. The van der Waals surface area contributed by atoms with Gasteiger partial charge in [-0.15, -0.1) is 11.3 Å². The number of nitrogens with one attached hydrogen (secondary N) is 1. The number of carbonyl (C=O) groups is 2. The number of halogens is 1. The van der Waals surface area contributed by atoms with Gasteiger partial charge in [0, 0.05) is 32.9 Å². The minimum Gasteiger partial charge on any atom is -0.402 e. The summed E-state index contributed by atoms with van der Waals surface area (Å²) in [6, 6.07) is 8.83. The van der Waals surface area contributed by atoms with E-state index in [-0.39, 0.29) is 17.5 Å². The largest absolute Gasteiger partial charge is 0.402 e. The molecule has 0 atom stereocenters. The molecule has 1 aliphatic heterocycles. The van der Waals surface area contributed by atoms with Gasteiger partial charge in [-0.05, 0) is 52.3 Å². The zero-order chi connectivity index (χ0) is 16.4. The van der Waals surface area contributed by atoms with Crippen LogP contribution in [0.1, 0.15) is 17.4 Å². The second-order valence-electron chi connectivity index (χ2n) is 4.76. The van der Waals surface area contributed by atoms with Gasteiger partial charge in [-0.1, -0.05) is 0 Å². The monoisotopic (exact) mass is 390 g/mol. The minimum atomic E-state index is -0.476. The van der Waals surface area contributed by atoms with Crippen molar-refractivity contribution < 1.29 is 14.3 Å². The van der Waals surface area contributed by atoms with Crippen LogP contribution in [-0.4, -0.2) is 17.8 Å². The van der Waals surface area contributed by atoms with Crippen LogP contribution in [0.4, 0.5) is 5.69 Å². The predicted octanol–water partition coefficient (Wildman–Crippen LogP) is 3.81. The Balaban J connectivity index is 1.83. The molecule has 1 aliphatic rings. The van der Waals surface area contributed by atoms with Gasteiger partial charge >= 0.3 is 5.97 Å². The first-order valence-electron chi connectivity index (χ1n) is 6.66. The Morgan fingerprint density at radius 2 is 2.09 bits per heavy atom. The number of anilines is 1. The molecule has 1 aromatic carbocycles. The molecule has 23 heavy (non-hydrogen) atoms. The fraction of sp³-hybridized carbons (Fsp3) is 0.0625. The Morgan fingerprint density at radius 3 is 2.70 bits per heavy atom. The van der Waals surface area contributed by atoms with E-state index >= 15 is 0 Å². The Morgan fingerprint density at radius 1 is 1.35 bits per heavy atom. The number of rotatable bonds is 3. The standard InChI is InChI=1S/C16H11BrN2O3S/c1-9(20)18-12-4-2-10(3-5-12)15-19-14(16(21)22-15)7-13-6-11(17)8-23-13/h2-8H,1H3,(H,18,20). The lowest BCUT2D eigenvalue weighted by Crippen LogP contribution is -2.07. The van der Waals surface area contributed by atoms with E-state index in [9.17, 15) is 9.59 Å². The molecule has 2 aromatic rings. The number of benzene rings is 1. The summed E-state index contributed by atoms with van der Waals surface area (Å²) in [5.74, 6) is -0.364. The van der Waals surface area contributed by atoms with Crippen molar-refractivity contribution in [1.82, 2.24) is 0 Å². The van der Waals surface area contributed by atoms with Crippen LogP contribution in [0.5, 0.6) is 0 Å². The average Bonchev–Trinajstić information content (AvgIpc) is 3.06. The second kappa shape index (κ2) is 6.47. The molecule has 7 heteroatoms. The van der Waals surface area contributed by atoms with Gasteiger partial charge in [0.2, 0.25) is 11.8 Å².